The number of ether oxygens (including phenoxy) is 3. The Bertz CT molecular complexity index is 1180. The Labute approximate surface area is 200 Å². The van der Waals surface area contributed by atoms with E-state index in [4.69, 9.17) is 18.7 Å². The van der Waals surface area contributed by atoms with Gasteiger partial charge < -0.3 is 18.7 Å². The summed E-state index contributed by atoms with van der Waals surface area (Å²) in [5, 5.41) is 3.92. The Morgan fingerprint density at radius 3 is 2.69 bits per heavy atom. The van der Waals surface area contributed by atoms with E-state index in [0.29, 0.717) is 43.4 Å². The summed E-state index contributed by atoms with van der Waals surface area (Å²) in [7, 11) is 1.96. The third-order valence-electron chi connectivity index (χ3n) is 6.26. The molecule has 35 heavy (non-hydrogen) atoms. The van der Waals surface area contributed by atoms with Crippen LogP contribution in [0, 0.1) is 0 Å². The molecular formula is C25H26F3N3O4. The first-order chi connectivity index (χ1) is 16.9. The number of benzene rings is 2. The van der Waals surface area contributed by atoms with Gasteiger partial charge in [-0.3, -0.25) is 4.90 Å². The lowest BCUT2D eigenvalue weighted by molar-refractivity contribution is -0.138. The summed E-state index contributed by atoms with van der Waals surface area (Å²) < 4.78 is 63.4. The summed E-state index contributed by atoms with van der Waals surface area (Å²) in [6.07, 6.45) is -1.51. The number of likely N-dealkylation sites (tertiary alicyclic amines) is 1. The fourth-order valence-corrected chi connectivity index (χ4v) is 4.43. The van der Waals surface area contributed by atoms with E-state index < -0.39 is 11.7 Å². The van der Waals surface area contributed by atoms with Crippen molar-refractivity contribution in [2.24, 2.45) is 0 Å². The average Bonchev–Trinajstić information content (AvgIpc) is 3.50. The molecule has 3 heterocycles. The van der Waals surface area contributed by atoms with Crippen LogP contribution in [0.5, 0.6) is 17.2 Å². The molecule has 0 saturated carbocycles. The van der Waals surface area contributed by atoms with Gasteiger partial charge in [0.05, 0.1) is 18.2 Å². The van der Waals surface area contributed by atoms with Gasteiger partial charge in [-0.05, 0) is 75.2 Å². The summed E-state index contributed by atoms with van der Waals surface area (Å²) >= 11 is 0. The fraction of sp³-hybridized carbons (Fsp3) is 0.440. The van der Waals surface area contributed by atoms with Gasteiger partial charge in [0.15, 0.2) is 11.5 Å². The van der Waals surface area contributed by atoms with Crippen LogP contribution in [0.1, 0.15) is 42.3 Å². The zero-order valence-corrected chi connectivity index (χ0v) is 19.3. The Balaban J connectivity index is 1.25. The maximum Gasteiger partial charge on any atom is 0.419 e. The smallest absolute Gasteiger partial charge is 0.419 e. The molecule has 3 aromatic rings. The summed E-state index contributed by atoms with van der Waals surface area (Å²) in [5.41, 5.74) is 0.375. The predicted octanol–water partition coefficient (Wildman–Crippen LogP) is 5.30. The molecule has 1 atom stereocenters. The van der Waals surface area contributed by atoms with Crippen molar-refractivity contribution in [3.05, 3.63) is 53.4 Å². The third kappa shape index (κ3) is 5.22. The summed E-state index contributed by atoms with van der Waals surface area (Å²) in [5.74, 6) is 1.73. The second-order valence-electron chi connectivity index (χ2n) is 8.73. The van der Waals surface area contributed by atoms with Crippen LogP contribution in [0.4, 0.5) is 13.2 Å². The quantitative estimate of drug-likeness (QED) is 0.417. The van der Waals surface area contributed by atoms with Crippen molar-refractivity contribution >= 4 is 0 Å². The first-order valence-electron chi connectivity index (χ1n) is 11.7. The van der Waals surface area contributed by atoms with Gasteiger partial charge in [0.25, 0.3) is 0 Å². The lowest BCUT2D eigenvalue weighted by Gasteiger charge is -2.19. The number of nitrogens with zero attached hydrogens (tertiary/aromatic N) is 3. The molecular weight excluding hydrogens is 463 g/mol. The highest BCUT2D eigenvalue weighted by molar-refractivity contribution is 5.59. The van der Waals surface area contributed by atoms with Gasteiger partial charge in [-0.25, -0.2) is 0 Å². The fourth-order valence-electron chi connectivity index (χ4n) is 4.43. The van der Waals surface area contributed by atoms with Crippen LogP contribution >= 0.6 is 0 Å². The molecule has 5 rings (SSSR count). The lowest BCUT2D eigenvalue weighted by Crippen LogP contribution is -2.17. The maximum absolute atomic E-state index is 13.8. The summed E-state index contributed by atoms with van der Waals surface area (Å²) in [6, 6.07) is 9.52. The van der Waals surface area contributed by atoms with Crippen LogP contribution in [0.2, 0.25) is 0 Å². The van der Waals surface area contributed by atoms with E-state index in [0.717, 1.165) is 31.0 Å². The van der Waals surface area contributed by atoms with Gasteiger partial charge in [0.1, 0.15) is 19.0 Å². The topological polar surface area (TPSA) is 69.9 Å². The molecule has 7 nitrogen and oxygen atoms in total. The monoisotopic (exact) mass is 489 g/mol. The molecule has 186 valence electrons. The Kier molecular flexibility index (Phi) is 6.55. The van der Waals surface area contributed by atoms with Crippen molar-refractivity contribution in [3.8, 4) is 28.6 Å². The number of aryl methyl sites for hydroxylation is 1. The van der Waals surface area contributed by atoms with E-state index in [1.165, 1.54) is 12.1 Å². The number of fused-ring (bicyclic) bond motifs is 1. The minimum atomic E-state index is -4.58. The zero-order chi connectivity index (χ0) is 24.4. The zero-order valence-electron chi connectivity index (χ0n) is 19.3. The molecule has 1 saturated heterocycles. The summed E-state index contributed by atoms with van der Waals surface area (Å²) in [4.78, 5) is 6.46. The predicted molar refractivity (Wildman–Crippen MR) is 121 cm³/mol. The van der Waals surface area contributed by atoms with Crippen LogP contribution in [-0.2, 0) is 12.6 Å². The van der Waals surface area contributed by atoms with Crippen LogP contribution in [0.3, 0.4) is 0 Å². The minimum absolute atomic E-state index is 0.00449. The average molecular weight is 489 g/mol. The number of aromatic nitrogens is 2. The summed E-state index contributed by atoms with van der Waals surface area (Å²) in [6.45, 7) is 2.07. The van der Waals surface area contributed by atoms with E-state index in [9.17, 15) is 13.2 Å². The molecule has 2 aromatic carbocycles. The van der Waals surface area contributed by atoms with E-state index in [1.807, 2.05) is 25.2 Å². The molecule has 1 fully saturated rings. The van der Waals surface area contributed by atoms with Crippen molar-refractivity contribution < 1.29 is 31.9 Å². The number of halogens is 3. The molecule has 0 radical (unpaired) electrons. The van der Waals surface area contributed by atoms with E-state index >= 15 is 0 Å². The van der Waals surface area contributed by atoms with E-state index in [2.05, 4.69) is 15.0 Å². The van der Waals surface area contributed by atoms with E-state index in [-0.39, 0.29) is 29.8 Å². The molecule has 0 bridgehead atoms. The van der Waals surface area contributed by atoms with Gasteiger partial charge in [-0.1, -0.05) is 11.2 Å². The number of hydrogen-bond donors (Lipinski definition) is 0. The second-order valence-corrected chi connectivity index (χ2v) is 8.73. The van der Waals surface area contributed by atoms with Crippen molar-refractivity contribution in [2.75, 3.05) is 33.4 Å². The molecule has 1 aromatic heterocycles. The van der Waals surface area contributed by atoms with Crippen molar-refractivity contribution in [2.45, 2.75) is 37.9 Å². The van der Waals surface area contributed by atoms with Gasteiger partial charge in [0.2, 0.25) is 11.7 Å². The van der Waals surface area contributed by atoms with Crippen LogP contribution < -0.4 is 14.2 Å². The highest BCUT2D eigenvalue weighted by Crippen LogP contribution is 2.39. The number of hydrogen-bond acceptors (Lipinski definition) is 7. The minimum Gasteiger partial charge on any atom is -0.493 e. The Morgan fingerprint density at radius 1 is 1.09 bits per heavy atom. The highest BCUT2D eigenvalue weighted by atomic mass is 19.4. The van der Waals surface area contributed by atoms with Gasteiger partial charge in [-0.2, -0.15) is 18.2 Å². The van der Waals surface area contributed by atoms with Gasteiger partial charge in [0, 0.05) is 5.56 Å². The molecule has 0 aliphatic carbocycles. The third-order valence-corrected chi connectivity index (χ3v) is 6.26. The Morgan fingerprint density at radius 2 is 1.91 bits per heavy atom. The first kappa shape index (κ1) is 23.5. The van der Waals surface area contributed by atoms with Crippen molar-refractivity contribution in [3.63, 3.8) is 0 Å². The lowest BCUT2D eigenvalue weighted by atomic mass is 10.1. The van der Waals surface area contributed by atoms with E-state index in [1.54, 1.807) is 0 Å². The first-order valence-corrected chi connectivity index (χ1v) is 11.7. The van der Waals surface area contributed by atoms with Gasteiger partial charge in [-0.15, -0.1) is 0 Å². The number of alkyl halides is 3. The van der Waals surface area contributed by atoms with Crippen LogP contribution in [0.25, 0.3) is 11.4 Å². The standard InChI is InChI=1S/C25H26F3N3O4/c1-31-10-2-5-19(31)24-29-23(30-35-24)17-7-9-20(18(15-17)25(26,27)28)32-11-3-4-16-6-8-21-22(14-16)34-13-12-33-21/h6-9,14-15,19H,2-5,10-13H2,1H3. The molecule has 0 amide bonds. The number of rotatable bonds is 7. The van der Waals surface area contributed by atoms with Crippen molar-refractivity contribution in [1.82, 2.24) is 15.0 Å². The largest absolute Gasteiger partial charge is 0.493 e. The van der Waals surface area contributed by atoms with Gasteiger partial charge >= 0.3 is 6.18 Å². The molecule has 0 spiro atoms. The molecule has 2 aliphatic heterocycles. The highest BCUT2D eigenvalue weighted by Gasteiger charge is 2.35. The molecule has 0 N–H and O–H groups in total. The molecule has 1 unspecified atom stereocenters. The van der Waals surface area contributed by atoms with Crippen molar-refractivity contribution in [1.29, 1.82) is 0 Å². The van der Waals surface area contributed by atoms with Crippen LogP contribution in [0.15, 0.2) is 40.9 Å². The normalized spacial score (nSPS) is 18.1. The molecule has 10 heteroatoms. The second kappa shape index (κ2) is 9.77. The Hall–Kier alpha value is -3.27. The molecule has 2 aliphatic rings. The SMILES string of the molecule is CN1CCCC1c1nc(-c2ccc(OCCCc3ccc4c(c3)OCCO4)c(C(F)(F)F)c2)no1. The maximum atomic E-state index is 13.8. The van der Waals surface area contributed by atoms with Crippen LogP contribution in [-0.4, -0.2) is 48.5 Å².